The summed E-state index contributed by atoms with van der Waals surface area (Å²) in [6.07, 6.45) is 2.03. The molecule has 1 aliphatic heterocycles. The third kappa shape index (κ3) is 3.02. The van der Waals surface area contributed by atoms with Gasteiger partial charge in [0.1, 0.15) is 6.17 Å². The highest BCUT2D eigenvalue weighted by Gasteiger charge is 2.20. The molecule has 3 heteroatoms. The van der Waals surface area contributed by atoms with Gasteiger partial charge in [-0.05, 0) is 43.5 Å². The van der Waals surface area contributed by atoms with Crippen molar-refractivity contribution in [3.05, 3.63) is 34.3 Å². The molecule has 0 aromatic heterocycles. The molecule has 0 bridgehead atoms. The third-order valence-electron chi connectivity index (χ3n) is 2.86. The Morgan fingerprint density at radius 2 is 2.40 bits per heavy atom. The molecular weight excluding hydrogens is 257 g/mol. The van der Waals surface area contributed by atoms with Gasteiger partial charge in [0.05, 0.1) is 0 Å². The van der Waals surface area contributed by atoms with E-state index >= 15 is 0 Å². The Morgan fingerprint density at radius 3 is 3.07 bits per heavy atom. The highest BCUT2D eigenvalue weighted by molar-refractivity contribution is 9.10. The SMILES string of the molecule is FC(CC1CCCN1)c1cccc(Br)c1. The first-order chi connectivity index (χ1) is 7.25. The summed E-state index contributed by atoms with van der Waals surface area (Å²) in [5.74, 6) is 0. The summed E-state index contributed by atoms with van der Waals surface area (Å²) < 4.78 is 14.9. The van der Waals surface area contributed by atoms with Crippen molar-refractivity contribution >= 4 is 15.9 Å². The second-order valence-electron chi connectivity index (χ2n) is 4.05. The predicted octanol–water partition coefficient (Wildman–Crippen LogP) is 3.60. The van der Waals surface area contributed by atoms with E-state index < -0.39 is 6.17 Å². The van der Waals surface area contributed by atoms with Crippen LogP contribution in [0.15, 0.2) is 28.7 Å². The second-order valence-corrected chi connectivity index (χ2v) is 4.97. The minimum absolute atomic E-state index is 0.360. The largest absolute Gasteiger partial charge is 0.314 e. The van der Waals surface area contributed by atoms with Gasteiger partial charge >= 0.3 is 0 Å². The Morgan fingerprint density at radius 1 is 1.53 bits per heavy atom. The molecule has 2 rings (SSSR count). The van der Waals surface area contributed by atoms with Crippen molar-refractivity contribution in [3.8, 4) is 0 Å². The molecule has 15 heavy (non-hydrogen) atoms. The molecule has 1 saturated heterocycles. The van der Waals surface area contributed by atoms with E-state index in [4.69, 9.17) is 0 Å². The zero-order valence-electron chi connectivity index (χ0n) is 8.55. The lowest BCUT2D eigenvalue weighted by Crippen LogP contribution is -2.22. The zero-order valence-corrected chi connectivity index (χ0v) is 10.1. The van der Waals surface area contributed by atoms with Crippen molar-refractivity contribution in [2.24, 2.45) is 0 Å². The molecule has 0 radical (unpaired) electrons. The maximum Gasteiger partial charge on any atom is 0.127 e. The number of alkyl halides is 1. The fourth-order valence-electron chi connectivity index (χ4n) is 2.05. The summed E-state index contributed by atoms with van der Waals surface area (Å²) in [6, 6.07) is 7.88. The third-order valence-corrected chi connectivity index (χ3v) is 3.36. The van der Waals surface area contributed by atoms with Crippen LogP contribution in [-0.2, 0) is 0 Å². The Hall–Kier alpha value is -0.410. The summed E-state index contributed by atoms with van der Waals surface area (Å²) in [5.41, 5.74) is 0.776. The lowest BCUT2D eigenvalue weighted by atomic mass is 10.0. The molecule has 1 aromatic carbocycles. The van der Waals surface area contributed by atoms with Gasteiger partial charge in [-0.1, -0.05) is 28.1 Å². The molecule has 2 unspecified atom stereocenters. The van der Waals surface area contributed by atoms with Gasteiger partial charge in [0.2, 0.25) is 0 Å². The monoisotopic (exact) mass is 271 g/mol. The summed E-state index contributed by atoms with van der Waals surface area (Å²) in [7, 11) is 0. The number of rotatable bonds is 3. The van der Waals surface area contributed by atoms with Crippen LogP contribution < -0.4 is 5.32 Å². The van der Waals surface area contributed by atoms with Crippen molar-refractivity contribution in [2.45, 2.75) is 31.5 Å². The molecule has 0 spiro atoms. The average molecular weight is 272 g/mol. The van der Waals surface area contributed by atoms with Crippen LogP contribution in [0.2, 0.25) is 0 Å². The lowest BCUT2D eigenvalue weighted by Gasteiger charge is -2.14. The summed E-state index contributed by atoms with van der Waals surface area (Å²) in [5, 5.41) is 3.32. The van der Waals surface area contributed by atoms with E-state index in [1.807, 2.05) is 24.3 Å². The van der Waals surface area contributed by atoms with Crippen LogP contribution >= 0.6 is 15.9 Å². The summed E-state index contributed by atoms with van der Waals surface area (Å²) in [4.78, 5) is 0. The van der Waals surface area contributed by atoms with E-state index in [0.29, 0.717) is 12.5 Å². The molecule has 1 N–H and O–H groups in total. The van der Waals surface area contributed by atoms with Crippen molar-refractivity contribution in [1.82, 2.24) is 5.32 Å². The minimum atomic E-state index is -0.849. The first kappa shape index (κ1) is 11.1. The molecule has 1 aromatic rings. The number of hydrogen-bond acceptors (Lipinski definition) is 1. The normalized spacial score (nSPS) is 22.9. The highest BCUT2D eigenvalue weighted by Crippen LogP contribution is 2.27. The number of halogens is 2. The smallest absolute Gasteiger partial charge is 0.127 e. The van der Waals surface area contributed by atoms with E-state index in [1.165, 1.54) is 6.42 Å². The minimum Gasteiger partial charge on any atom is -0.314 e. The Kier molecular flexibility index (Phi) is 3.76. The van der Waals surface area contributed by atoms with Gasteiger partial charge < -0.3 is 5.32 Å². The van der Waals surface area contributed by atoms with Crippen LogP contribution in [-0.4, -0.2) is 12.6 Å². The molecule has 1 nitrogen and oxygen atoms in total. The van der Waals surface area contributed by atoms with E-state index in [0.717, 1.165) is 23.0 Å². The van der Waals surface area contributed by atoms with Gasteiger partial charge in [0, 0.05) is 10.5 Å². The molecule has 82 valence electrons. The van der Waals surface area contributed by atoms with Crippen molar-refractivity contribution in [2.75, 3.05) is 6.54 Å². The first-order valence-corrected chi connectivity index (χ1v) is 6.18. The number of hydrogen-bond donors (Lipinski definition) is 1. The average Bonchev–Trinajstić information content (AvgIpc) is 2.70. The van der Waals surface area contributed by atoms with Gasteiger partial charge in [-0.15, -0.1) is 0 Å². The van der Waals surface area contributed by atoms with Crippen LogP contribution in [0.3, 0.4) is 0 Å². The van der Waals surface area contributed by atoms with Crippen molar-refractivity contribution < 1.29 is 4.39 Å². The molecule has 2 atom stereocenters. The summed E-state index contributed by atoms with van der Waals surface area (Å²) >= 11 is 3.36. The van der Waals surface area contributed by atoms with E-state index in [2.05, 4.69) is 21.2 Å². The maximum atomic E-state index is 13.9. The van der Waals surface area contributed by atoms with Crippen LogP contribution in [0.25, 0.3) is 0 Å². The van der Waals surface area contributed by atoms with Gasteiger partial charge in [0.15, 0.2) is 0 Å². The molecule has 1 heterocycles. The first-order valence-electron chi connectivity index (χ1n) is 5.38. The zero-order chi connectivity index (χ0) is 10.7. The van der Waals surface area contributed by atoms with Crippen molar-refractivity contribution in [3.63, 3.8) is 0 Å². The maximum absolute atomic E-state index is 13.9. The Bertz CT molecular complexity index is 323. The highest BCUT2D eigenvalue weighted by atomic mass is 79.9. The van der Waals surface area contributed by atoms with Gasteiger partial charge in [-0.25, -0.2) is 4.39 Å². The van der Waals surface area contributed by atoms with Gasteiger partial charge in [0.25, 0.3) is 0 Å². The predicted molar refractivity (Wildman–Crippen MR) is 63.6 cm³/mol. The summed E-state index contributed by atoms with van der Waals surface area (Å²) in [6.45, 7) is 1.04. The van der Waals surface area contributed by atoms with E-state index in [1.54, 1.807) is 0 Å². The van der Waals surface area contributed by atoms with Crippen LogP contribution in [0, 0.1) is 0 Å². The lowest BCUT2D eigenvalue weighted by molar-refractivity contribution is 0.293. The molecule has 1 fully saturated rings. The molecule has 1 aliphatic rings. The molecule has 0 amide bonds. The van der Waals surface area contributed by atoms with E-state index in [-0.39, 0.29) is 0 Å². The fourth-order valence-corrected chi connectivity index (χ4v) is 2.46. The van der Waals surface area contributed by atoms with Crippen LogP contribution in [0.4, 0.5) is 4.39 Å². The Balaban J connectivity index is 1.97. The van der Waals surface area contributed by atoms with Crippen molar-refractivity contribution in [1.29, 1.82) is 0 Å². The van der Waals surface area contributed by atoms with Gasteiger partial charge in [-0.2, -0.15) is 0 Å². The van der Waals surface area contributed by atoms with Gasteiger partial charge in [-0.3, -0.25) is 0 Å². The molecule has 0 saturated carbocycles. The second kappa shape index (κ2) is 5.08. The van der Waals surface area contributed by atoms with E-state index in [9.17, 15) is 4.39 Å². The number of nitrogens with one attached hydrogen (secondary N) is 1. The standard InChI is InChI=1S/C12H15BrFN/c13-10-4-1-3-9(7-10)12(14)8-11-5-2-6-15-11/h1,3-4,7,11-12,15H,2,5-6,8H2. The number of benzene rings is 1. The van der Waals surface area contributed by atoms with Crippen LogP contribution in [0.1, 0.15) is 31.0 Å². The molecular formula is C12H15BrFN. The fraction of sp³-hybridized carbons (Fsp3) is 0.500. The quantitative estimate of drug-likeness (QED) is 0.886. The van der Waals surface area contributed by atoms with Crippen LogP contribution in [0.5, 0.6) is 0 Å². The topological polar surface area (TPSA) is 12.0 Å². The molecule has 0 aliphatic carbocycles. The Labute approximate surface area is 98.2 Å².